The Balaban J connectivity index is 1.87. The van der Waals surface area contributed by atoms with E-state index in [9.17, 15) is 0 Å². The summed E-state index contributed by atoms with van der Waals surface area (Å²) in [6, 6.07) is 16.2. The second-order valence-corrected chi connectivity index (χ2v) is 5.95. The predicted molar refractivity (Wildman–Crippen MR) is 92.9 cm³/mol. The van der Waals surface area contributed by atoms with Crippen molar-refractivity contribution in [3.8, 4) is 5.75 Å². The number of rotatable bonds is 3. The highest BCUT2D eigenvalue weighted by atomic mass is 32.1. The standard InChI is InChI=1S/C17H19N3OS/c1-12-4-8-14(9-5-12)20-16(22)18-17(2,19-20)13-6-10-15(21-3)11-7-13/h4-11,19H,1-3H3,(H,18,22). The monoisotopic (exact) mass is 313 g/mol. The van der Waals surface area contributed by atoms with Gasteiger partial charge in [-0.1, -0.05) is 29.8 Å². The molecule has 1 heterocycles. The number of hydrazine groups is 1. The van der Waals surface area contributed by atoms with Crippen molar-refractivity contribution in [2.45, 2.75) is 19.5 Å². The molecule has 1 aliphatic rings. The van der Waals surface area contributed by atoms with Crippen LogP contribution in [-0.2, 0) is 5.66 Å². The van der Waals surface area contributed by atoms with E-state index < -0.39 is 5.66 Å². The Bertz CT molecular complexity index is 684. The fourth-order valence-electron chi connectivity index (χ4n) is 2.51. The van der Waals surface area contributed by atoms with Crippen LogP contribution in [0, 0.1) is 6.92 Å². The third-order valence-corrected chi connectivity index (χ3v) is 4.14. The molecule has 0 aromatic heterocycles. The summed E-state index contributed by atoms with van der Waals surface area (Å²) in [7, 11) is 1.66. The summed E-state index contributed by atoms with van der Waals surface area (Å²) >= 11 is 5.48. The largest absolute Gasteiger partial charge is 0.497 e. The Morgan fingerprint density at radius 2 is 1.68 bits per heavy atom. The molecule has 1 unspecified atom stereocenters. The molecule has 1 fully saturated rings. The van der Waals surface area contributed by atoms with E-state index in [0.29, 0.717) is 5.11 Å². The molecule has 5 heteroatoms. The summed E-state index contributed by atoms with van der Waals surface area (Å²) in [6.07, 6.45) is 0. The molecule has 0 bridgehead atoms. The van der Waals surface area contributed by atoms with Crippen molar-refractivity contribution < 1.29 is 4.74 Å². The van der Waals surface area contributed by atoms with Crippen molar-refractivity contribution in [2.24, 2.45) is 0 Å². The van der Waals surface area contributed by atoms with E-state index in [1.54, 1.807) is 7.11 Å². The minimum Gasteiger partial charge on any atom is -0.497 e. The van der Waals surface area contributed by atoms with E-state index in [0.717, 1.165) is 17.0 Å². The highest BCUT2D eigenvalue weighted by molar-refractivity contribution is 7.80. The van der Waals surface area contributed by atoms with Crippen molar-refractivity contribution in [3.05, 3.63) is 59.7 Å². The van der Waals surface area contributed by atoms with Crippen LogP contribution in [0.4, 0.5) is 5.69 Å². The first-order valence-corrected chi connectivity index (χ1v) is 7.54. The molecule has 114 valence electrons. The quantitative estimate of drug-likeness (QED) is 0.852. The lowest BCUT2D eigenvalue weighted by molar-refractivity contribution is 0.386. The van der Waals surface area contributed by atoms with Gasteiger partial charge in [0.1, 0.15) is 11.4 Å². The Kier molecular flexibility index (Phi) is 3.76. The van der Waals surface area contributed by atoms with Gasteiger partial charge in [0.25, 0.3) is 0 Å². The number of ether oxygens (including phenoxy) is 1. The number of nitrogens with one attached hydrogen (secondary N) is 2. The maximum Gasteiger partial charge on any atom is 0.190 e. The van der Waals surface area contributed by atoms with E-state index in [-0.39, 0.29) is 0 Å². The van der Waals surface area contributed by atoms with Crippen LogP contribution in [-0.4, -0.2) is 12.2 Å². The molecule has 4 nitrogen and oxygen atoms in total. The molecular formula is C17H19N3OS. The molecule has 3 rings (SSSR count). The van der Waals surface area contributed by atoms with Gasteiger partial charge in [-0.05, 0) is 55.9 Å². The van der Waals surface area contributed by atoms with Crippen LogP contribution in [0.1, 0.15) is 18.1 Å². The molecule has 22 heavy (non-hydrogen) atoms. The van der Waals surface area contributed by atoms with Crippen LogP contribution in [0.3, 0.4) is 0 Å². The SMILES string of the molecule is COc1ccc(C2(C)NC(=S)N(c3ccc(C)cc3)N2)cc1. The summed E-state index contributed by atoms with van der Waals surface area (Å²) < 4.78 is 5.21. The van der Waals surface area contributed by atoms with Gasteiger partial charge in [-0.3, -0.25) is 0 Å². The molecular weight excluding hydrogens is 294 g/mol. The number of nitrogens with zero attached hydrogens (tertiary/aromatic N) is 1. The normalized spacial score (nSPS) is 20.9. The fraction of sp³-hybridized carbons (Fsp3) is 0.235. The number of anilines is 1. The number of benzene rings is 2. The molecule has 0 radical (unpaired) electrons. The predicted octanol–water partition coefficient (Wildman–Crippen LogP) is 3.08. The second-order valence-electron chi connectivity index (χ2n) is 5.57. The van der Waals surface area contributed by atoms with Gasteiger partial charge < -0.3 is 10.1 Å². The molecule has 1 aliphatic heterocycles. The number of hydrogen-bond donors (Lipinski definition) is 2. The van der Waals surface area contributed by atoms with E-state index in [1.165, 1.54) is 5.56 Å². The zero-order chi connectivity index (χ0) is 15.7. The van der Waals surface area contributed by atoms with Crippen LogP contribution in [0.25, 0.3) is 0 Å². The highest BCUT2D eigenvalue weighted by Gasteiger charge is 2.38. The van der Waals surface area contributed by atoms with Gasteiger partial charge in [-0.2, -0.15) is 5.43 Å². The molecule has 0 saturated carbocycles. The average Bonchev–Trinajstić information content (AvgIpc) is 2.84. The third-order valence-electron chi connectivity index (χ3n) is 3.85. The minimum absolute atomic E-state index is 0.450. The van der Waals surface area contributed by atoms with E-state index in [2.05, 4.69) is 48.9 Å². The average molecular weight is 313 g/mol. The van der Waals surface area contributed by atoms with Gasteiger partial charge in [-0.25, -0.2) is 5.01 Å². The molecule has 2 N–H and O–H groups in total. The number of thiocarbonyl (C=S) groups is 1. The molecule has 0 amide bonds. The first-order chi connectivity index (χ1) is 10.5. The van der Waals surface area contributed by atoms with Gasteiger partial charge in [0, 0.05) is 0 Å². The van der Waals surface area contributed by atoms with Crippen LogP contribution < -0.4 is 20.5 Å². The van der Waals surface area contributed by atoms with E-state index in [1.807, 2.05) is 29.3 Å². The molecule has 2 aromatic carbocycles. The second kappa shape index (κ2) is 5.59. The lowest BCUT2D eigenvalue weighted by atomic mass is 10.0. The van der Waals surface area contributed by atoms with Gasteiger partial charge in [0.15, 0.2) is 5.11 Å². The van der Waals surface area contributed by atoms with Crippen LogP contribution in [0.15, 0.2) is 48.5 Å². The van der Waals surface area contributed by atoms with Crippen molar-refractivity contribution >= 4 is 23.0 Å². The van der Waals surface area contributed by atoms with E-state index >= 15 is 0 Å². The maximum absolute atomic E-state index is 5.48. The van der Waals surface area contributed by atoms with Gasteiger partial charge in [-0.15, -0.1) is 0 Å². The zero-order valence-corrected chi connectivity index (χ0v) is 13.7. The summed E-state index contributed by atoms with van der Waals surface area (Å²) in [5, 5.41) is 5.91. The highest BCUT2D eigenvalue weighted by Crippen LogP contribution is 2.27. The summed E-state index contributed by atoms with van der Waals surface area (Å²) in [5.41, 5.74) is 6.32. The summed E-state index contributed by atoms with van der Waals surface area (Å²) in [6.45, 7) is 4.13. The molecule has 1 atom stereocenters. The molecule has 1 saturated heterocycles. The molecule has 2 aromatic rings. The lowest BCUT2D eigenvalue weighted by Gasteiger charge is -2.26. The summed E-state index contributed by atoms with van der Waals surface area (Å²) in [5.74, 6) is 0.836. The first kappa shape index (κ1) is 14.8. The van der Waals surface area contributed by atoms with E-state index in [4.69, 9.17) is 17.0 Å². The van der Waals surface area contributed by atoms with Crippen molar-refractivity contribution in [1.29, 1.82) is 0 Å². The Morgan fingerprint density at radius 1 is 1.05 bits per heavy atom. The zero-order valence-electron chi connectivity index (χ0n) is 12.9. The van der Waals surface area contributed by atoms with Crippen molar-refractivity contribution in [3.63, 3.8) is 0 Å². The minimum atomic E-state index is -0.450. The van der Waals surface area contributed by atoms with Crippen molar-refractivity contribution in [2.75, 3.05) is 12.1 Å². The van der Waals surface area contributed by atoms with Crippen molar-refractivity contribution in [1.82, 2.24) is 10.7 Å². The fourth-order valence-corrected chi connectivity index (χ4v) is 2.86. The summed E-state index contributed by atoms with van der Waals surface area (Å²) in [4.78, 5) is 0. The lowest BCUT2D eigenvalue weighted by Crippen LogP contribution is -2.45. The van der Waals surface area contributed by atoms with Crippen LogP contribution in [0.2, 0.25) is 0 Å². The van der Waals surface area contributed by atoms with Gasteiger partial charge in [0.05, 0.1) is 12.8 Å². The Labute approximate surface area is 136 Å². The molecule has 0 aliphatic carbocycles. The molecule has 0 spiro atoms. The van der Waals surface area contributed by atoms with Crippen LogP contribution >= 0.6 is 12.2 Å². The van der Waals surface area contributed by atoms with Crippen LogP contribution in [0.5, 0.6) is 5.75 Å². The number of methoxy groups -OCH3 is 1. The third kappa shape index (κ3) is 2.65. The number of hydrogen-bond acceptors (Lipinski definition) is 3. The topological polar surface area (TPSA) is 36.5 Å². The first-order valence-electron chi connectivity index (χ1n) is 7.13. The number of aryl methyl sites for hydroxylation is 1. The maximum atomic E-state index is 5.48. The Morgan fingerprint density at radius 3 is 2.27 bits per heavy atom. The van der Waals surface area contributed by atoms with Gasteiger partial charge in [0.2, 0.25) is 0 Å². The van der Waals surface area contributed by atoms with Gasteiger partial charge >= 0.3 is 0 Å². The smallest absolute Gasteiger partial charge is 0.190 e. The Hall–Kier alpha value is -2.11.